The molecule has 3 rings (SSSR count). The van der Waals surface area contributed by atoms with Gasteiger partial charge in [0.1, 0.15) is 0 Å². The molecule has 20 heavy (non-hydrogen) atoms. The lowest BCUT2D eigenvalue weighted by molar-refractivity contribution is -0.133. The maximum absolute atomic E-state index is 12.4. The second-order valence-electron chi connectivity index (χ2n) is 5.55. The Kier molecular flexibility index (Phi) is 4.28. The van der Waals surface area contributed by atoms with E-state index in [-0.39, 0.29) is 5.91 Å². The summed E-state index contributed by atoms with van der Waals surface area (Å²) in [5.74, 6) is 0.251. The van der Waals surface area contributed by atoms with E-state index in [0.717, 1.165) is 51.3 Å². The highest BCUT2D eigenvalue weighted by Crippen LogP contribution is 2.16. The van der Waals surface area contributed by atoms with Crippen LogP contribution in [-0.4, -0.2) is 60.0 Å². The minimum absolute atomic E-state index is 0.251. The minimum Gasteiger partial charge on any atom is -0.337 e. The van der Waals surface area contributed by atoms with E-state index in [1.807, 2.05) is 17.2 Å². The number of fused-ring (bicyclic) bond motifs is 1. The summed E-state index contributed by atoms with van der Waals surface area (Å²) in [6, 6.07) is 4.03. The number of hydrogen-bond donors (Lipinski definition) is 1. The fourth-order valence-corrected chi connectivity index (χ4v) is 2.93. The molecule has 1 N–H and O–H groups in total. The summed E-state index contributed by atoms with van der Waals surface area (Å²) in [6.45, 7) is 6.11. The van der Waals surface area contributed by atoms with E-state index in [1.165, 1.54) is 5.56 Å². The quantitative estimate of drug-likeness (QED) is 0.840. The van der Waals surface area contributed by atoms with Crippen LogP contribution in [0.4, 0.5) is 0 Å². The number of nitrogens with one attached hydrogen (secondary N) is 1. The molecule has 0 atom stereocenters. The van der Waals surface area contributed by atoms with Crippen LogP contribution >= 0.6 is 0 Å². The first-order valence-electron chi connectivity index (χ1n) is 7.46. The lowest BCUT2D eigenvalue weighted by Gasteiger charge is -2.30. The molecule has 0 unspecified atom stereocenters. The van der Waals surface area contributed by atoms with Crippen molar-refractivity contribution in [2.45, 2.75) is 19.4 Å². The lowest BCUT2D eigenvalue weighted by Crippen LogP contribution is -2.43. The number of carbonyl (C=O) groups is 1. The first-order valence-corrected chi connectivity index (χ1v) is 7.46. The third-order valence-corrected chi connectivity index (χ3v) is 4.11. The molecule has 108 valence electrons. The van der Waals surface area contributed by atoms with Crippen LogP contribution in [0.5, 0.6) is 0 Å². The van der Waals surface area contributed by atoms with Crippen LogP contribution in [0.15, 0.2) is 18.3 Å². The van der Waals surface area contributed by atoms with Crippen LogP contribution in [0.2, 0.25) is 0 Å². The Bertz CT molecular complexity index is 469. The Hall–Kier alpha value is -1.46. The highest BCUT2D eigenvalue weighted by Gasteiger charge is 2.23. The maximum atomic E-state index is 12.4. The molecule has 2 aliphatic rings. The normalized spacial score (nSPS) is 20.3. The molecule has 2 aliphatic heterocycles. The van der Waals surface area contributed by atoms with E-state index >= 15 is 0 Å². The van der Waals surface area contributed by atoms with Crippen molar-refractivity contribution in [3.8, 4) is 0 Å². The number of nitrogens with zero attached hydrogens (tertiary/aromatic N) is 3. The van der Waals surface area contributed by atoms with Gasteiger partial charge in [0, 0.05) is 44.5 Å². The summed E-state index contributed by atoms with van der Waals surface area (Å²) in [4.78, 5) is 21.1. The Morgan fingerprint density at radius 3 is 3.20 bits per heavy atom. The third kappa shape index (κ3) is 3.16. The number of hydrogen-bond acceptors (Lipinski definition) is 4. The Morgan fingerprint density at radius 1 is 1.30 bits per heavy atom. The average Bonchev–Trinajstić information content (AvgIpc) is 2.75. The van der Waals surface area contributed by atoms with Crippen molar-refractivity contribution in [2.24, 2.45) is 0 Å². The van der Waals surface area contributed by atoms with Gasteiger partial charge in [0.05, 0.1) is 6.54 Å². The van der Waals surface area contributed by atoms with Crippen molar-refractivity contribution >= 4 is 5.91 Å². The van der Waals surface area contributed by atoms with Crippen molar-refractivity contribution in [3.05, 3.63) is 29.6 Å². The molecule has 3 heterocycles. The molecule has 1 amide bonds. The molecular formula is C15H22N4O. The Labute approximate surface area is 120 Å². The van der Waals surface area contributed by atoms with Crippen molar-refractivity contribution in [2.75, 3.05) is 39.3 Å². The number of aromatic nitrogens is 1. The molecule has 5 nitrogen and oxygen atoms in total. The largest absolute Gasteiger partial charge is 0.337 e. The van der Waals surface area contributed by atoms with Gasteiger partial charge < -0.3 is 10.2 Å². The van der Waals surface area contributed by atoms with Crippen LogP contribution < -0.4 is 5.32 Å². The Balaban J connectivity index is 1.58. The fraction of sp³-hybridized carbons (Fsp3) is 0.600. The summed E-state index contributed by atoms with van der Waals surface area (Å²) >= 11 is 0. The summed E-state index contributed by atoms with van der Waals surface area (Å²) in [6.07, 6.45) is 3.84. The van der Waals surface area contributed by atoms with E-state index in [4.69, 9.17) is 0 Å². The van der Waals surface area contributed by atoms with Crippen LogP contribution in [0.3, 0.4) is 0 Å². The van der Waals surface area contributed by atoms with Gasteiger partial charge >= 0.3 is 0 Å². The fourth-order valence-electron chi connectivity index (χ4n) is 2.93. The molecule has 0 bridgehead atoms. The molecule has 5 heteroatoms. The standard InChI is InChI=1S/C15H22N4O/c20-15(12-18-8-2-5-16-7-10-18)19-9-4-14-13(11-19)3-1-6-17-14/h1,3,6,16H,2,4-5,7-12H2. The minimum atomic E-state index is 0.251. The molecule has 1 fully saturated rings. The zero-order chi connectivity index (χ0) is 13.8. The molecule has 0 aliphatic carbocycles. The lowest BCUT2D eigenvalue weighted by atomic mass is 10.1. The van der Waals surface area contributed by atoms with Gasteiger partial charge in [-0.25, -0.2) is 0 Å². The van der Waals surface area contributed by atoms with Gasteiger partial charge in [-0.1, -0.05) is 6.07 Å². The summed E-state index contributed by atoms with van der Waals surface area (Å²) in [7, 11) is 0. The van der Waals surface area contributed by atoms with Gasteiger partial charge in [-0.05, 0) is 31.1 Å². The smallest absolute Gasteiger partial charge is 0.237 e. The first-order chi connectivity index (χ1) is 9.83. The van der Waals surface area contributed by atoms with E-state index < -0.39 is 0 Å². The number of rotatable bonds is 2. The van der Waals surface area contributed by atoms with Crippen LogP contribution in [0.1, 0.15) is 17.7 Å². The van der Waals surface area contributed by atoms with Crippen molar-refractivity contribution in [1.29, 1.82) is 0 Å². The third-order valence-electron chi connectivity index (χ3n) is 4.11. The van der Waals surface area contributed by atoms with Gasteiger partial charge in [-0.15, -0.1) is 0 Å². The number of pyridine rings is 1. The van der Waals surface area contributed by atoms with Crippen LogP contribution in [0, 0.1) is 0 Å². The second kappa shape index (κ2) is 6.33. The number of carbonyl (C=O) groups excluding carboxylic acids is 1. The van der Waals surface area contributed by atoms with E-state index in [9.17, 15) is 4.79 Å². The summed E-state index contributed by atoms with van der Waals surface area (Å²) in [5.41, 5.74) is 2.35. The predicted molar refractivity (Wildman–Crippen MR) is 77.3 cm³/mol. The highest BCUT2D eigenvalue weighted by molar-refractivity contribution is 5.78. The molecule has 1 aromatic heterocycles. The SMILES string of the molecule is O=C(CN1CCCNCC1)N1CCc2ncccc2C1. The van der Waals surface area contributed by atoms with Crippen LogP contribution in [-0.2, 0) is 17.8 Å². The monoisotopic (exact) mass is 274 g/mol. The zero-order valence-corrected chi connectivity index (χ0v) is 11.8. The van der Waals surface area contributed by atoms with Gasteiger partial charge in [0.2, 0.25) is 5.91 Å². The molecule has 1 saturated heterocycles. The number of amides is 1. The Morgan fingerprint density at radius 2 is 2.25 bits per heavy atom. The average molecular weight is 274 g/mol. The van der Waals surface area contributed by atoms with Gasteiger partial charge in [0.15, 0.2) is 0 Å². The van der Waals surface area contributed by atoms with E-state index in [0.29, 0.717) is 13.1 Å². The molecule has 0 saturated carbocycles. The summed E-state index contributed by atoms with van der Waals surface area (Å²) in [5, 5.41) is 3.37. The van der Waals surface area contributed by atoms with E-state index in [1.54, 1.807) is 0 Å². The van der Waals surface area contributed by atoms with Crippen molar-refractivity contribution in [3.63, 3.8) is 0 Å². The van der Waals surface area contributed by atoms with E-state index in [2.05, 4.69) is 21.3 Å². The molecular weight excluding hydrogens is 252 g/mol. The van der Waals surface area contributed by atoms with Crippen molar-refractivity contribution in [1.82, 2.24) is 20.1 Å². The van der Waals surface area contributed by atoms with Gasteiger partial charge in [0.25, 0.3) is 0 Å². The second-order valence-corrected chi connectivity index (χ2v) is 5.55. The summed E-state index contributed by atoms with van der Waals surface area (Å²) < 4.78 is 0. The first kappa shape index (κ1) is 13.5. The zero-order valence-electron chi connectivity index (χ0n) is 11.8. The molecule has 0 spiro atoms. The van der Waals surface area contributed by atoms with Gasteiger partial charge in [-0.2, -0.15) is 0 Å². The molecule has 0 aromatic carbocycles. The topological polar surface area (TPSA) is 48.5 Å². The molecule has 0 radical (unpaired) electrons. The molecule has 1 aromatic rings. The predicted octanol–water partition coefficient (Wildman–Crippen LogP) is 0.262. The van der Waals surface area contributed by atoms with Crippen LogP contribution in [0.25, 0.3) is 0 Å². The maximum Gasteiger partial charge on any atom is 0.237 e. The van der Waals surface area contributed by atoms with Gasteiger partial charge in [-0.3, -0.25) is 14.7 Å². The van der Waals surface area contributed by atoms with Crippen molar-refractivity contribution < 1.29 is 4.79 Å². The highest BCUT2D eigenvalue weighted by atomic mass is 16.2.